The lowest BCUT2D eigenvalue weighted by Crippen LogP contribution is -2.15. The van der Waals surface area contributed by atoms with Crippen molar-refractivity contribution in [2.75, 3.05) is 27.7 Å². The van der Waals surface area contributed by atoms with Crippen molar-refractivity contribution in [1.29, 1.82) is 0 Å². The number of phenolic OH excluding ortho intramolecular Hbond substituents is 1. The smallest absolute Gasteiger partial charge is 0.186 e. The molecule has 8 heteroatoms. The van der Waals surface area contributed by atoms with E-state index in [9.17, 15) is 15.0 Å². The minimum Gasteiger partial charge on any atom is -0.504 e. The Morgan fingerprint density at radius 2 is 1.74 bits per heavy atom. The van der Waals surface area contributed by atoms with Crippen LogP contribution in [-0.2, 0) is 17.6 Å². The lowest BCUT2D eigenvalue weighted by Gasteiger charge is -2.14. The van der Waals surface area contributed by atoms with Gasteiger partial charge < -0.3 is 29.5 Å². The van der Waals surface area contributed by atoms with Crippen LogP contribution in [0.25, 0.3) is 0 Å². The Labute approximate surface area is 182 Å². The molecule has 0 fully saturated rings. The van der Waals surface area contributed by atoms with Crippen molar-refractivity contribution in [2.24, 2.45) is 0 Å². The third kappa shape index (κ3) is 8.09. The molecular formula is C23H31NO7. The molecule has 0 spiro atoms. The Balaban J connectivity index is 1.82. The van der Waals surface area contributed by atoms with Crippen LogP contribution in [0.3, 0.4) is 0 Å². The number of hydrogen-bond donors (Lipinski definition) is 4. The van der Waals surface area contributed by atoms with Crippen molar-refractivity contribution in [3.05, 3.63) is 47.5 Å². The van der Waals surface area contributed by atoms with Gasteiger partial charge in [0.05, 0.1) is 13.2 Å². The highest BCUT2D eigenvalue weighted by atomic mass is 16.6. The minimum absolute atomic E-state index is 0.0281. The number of Topliss-reactive ketones (excluding diaryl/α,β-unsaturated/α-hetero) is 1. The van der Waals surface area contributed by atoms with Crippen LogP contribution in [0.2, 0.25) is 0 Å². The summed E-state index contributed by atoms with van der Waals surface area (Å²) in [6, 6.07) is 10.4. The molecule has 0 aliphatic carbocycles. The maximum absolute atomic E-state index is 12.2. The van der Waals surface area contributed by atoms with E-state index in [4.69, 9.17) is 19.3 Å². The topological polar surface area (TPSA) is 117 Å². The predicted octanol–water partition coefficient (Wildman–Crippen LogP) is 2.17. The number of nitrogens with one attached hydrogen (secondary N) is 1. The molecule has 0 amide bonds. The van der Waals surface area contributed by atoms with Gasteiger partial charge in [-0.25, -0.2) is 0 Å². The van der Waals surface area contributed by atoms with Crippen molar-refractivity contribution in [3.63, 3.8) is 0 Å². The zero-order chi connectivity index (χ0) is 22.6. The maximum Gasteiger partial charge on any atom is 0.186 e. The molecule has 4 N–H and O–H groups in total. The summed E-state index contributed by atoms with van der Waals surface area (Å²) in [6.07, 6.45) is 1.13. The number of aryl methyl sites for hydroxylation is 2. The van der Waals surface area contributed by atoms with Gasteiger partial charge in [-0.2, -0.15) is 0 Å². The Morgan fingerprint density at radius 1 is 1.03 bits per heavy atom. The highest BCUT2D eigenvalue weighted by Gasteiger charge is 2.13. The van der Waals surface area contributed by atoms with E-state index in [0.717, 1.165) is 11.1 Å². The third-order valence-corrected chi connectivity index (χ3v) is 4.77. The molecule has 2 aromatic rings. The van der Waals surface area contributed by atoms with E-state index in [1.165, 1.54) is 13.2 Å². The highest BCUT2D eigenvalue weighted by molar-refractivity contribution is 5.79. The van der Waals surface area contributed by atoms with Crippen molar-refractivity contribution in [3.8, 4) is 23.0 Å². The second-order valence-electron chi connectivity index (χ2n) is 7.14. The first kappa shape index (κ1) is 24.5. The van der Waals surface area contributed by atoms with E-state index in [0.29, 0.717) is 49.7 Å². The molecule has 0 saturated carbocycles. The first-order valence-corrected chi connectivity index (χ1v) is 10.2. The van der Waals surface area contributed by atoms with Gasteiger partial charge >= 0.3 is 0 Å². The van der Waals surface area contributed by atoms with E-state index in [-0.39, 0.29) is 18.0 Å². The first-order valence-electron chi connectivity index (χ1n) is 10.2. The quantitative estimate of drug-likeness (QED) is 0.335. The van der Waals surface area contributed by atoms with Crippen LogP contribution >= 0.6 is 0 Å². The van der Waals surface area contributed by atoms with Crippen LogP contribution in [-0.4, -0.2) is 54.9 Å². The van der Waals surface area contributed by atoms with Gasteiger partial charge in [-0.1, -0.05) is 12.1 Å². The Kier molecular flexibility index (Phi) is 10.1. The largest absolute Gasteiger partial charge is 0.504 e. The van der Waals surface area contributed by atoms with E-state index < -0.39 is 12.9 Å². The number of carbonyl (C=O) groups excluding carboxylic acids is 1. The monoisotopic (exact) mass is 433 g/mol. The normalized spacial score (nSPS) is 11.7. The Hall–Kier alpha value is -2.81. The summed E-state index contributed by atoms with van der Waals surface area (Å²) >= 11 is 0. The number of aliphatic hydroxyl groups is 2. The van der Waals surface area contributed by atoms with Crippen LogP contribution in [0, 0.1) is 0 Å². The van der Waals surface area contributed by atoms with Crippen LogP contribution in [0.15, 0.2) is 36.4 Å². The average Bonchev–Trinajstić information content (AvgIpc) is 2.76. The van der Waals surface area contributed by atoms with Crippen LogP contribution < -0.4 is 19.5 Å². The number of hydrogen-bond acceptors (Lipinski definition) is 8. The fourth-order valence-electron chi connectivity index (χ4n) is 3.12. The van der Waals surface area contributed by atoms with Gasteiger partial charge in [0.1, 0.15) is 12.5 Å². The molecule has 0 aliphatic rings. The van der Waals surface area contributed by atoms with Gasteiger partial charge in [0.15, 0.2) is 29.8 Å². The lowest BCUT2D eigenvalue weighted by molar-refractivity contribution is -0.121. The fraction of sp³-hybridized carbons (Fsp3) is 0.435. The van der Waals surface area contributed by atoms with Crippen molar-refractivity contribution < 1.29 is 34.3 Å². The molecule has 0 saturated heterocycles. The molecule has 170 valence electrons. The molecule has 2 rings (SSSR count). The van der Waals surface area contributed by atoms with Gasteiger partial charge in [-0.15, -0.1) is 0 Å². The number of carbonyl (C=O) groups is 1. The molecule has 1 atom stereocenters. The number of methoxy groups -OCH3 is 1. The average molecular weight is 434 g/mol. The lowest BCUT2D eigenvalue weighted by atomic mass is 10.00. The third-order valence-electron chi connectivity index (χ3n) is 4.77. The Bertz CT molecular complexity index is 841. The number of benzene rings is 2. The van der Waals surface area contributed by atoms with Crippen molar-refractivity contribution in [1.82, 2.24) is 5.32 Å². The number of rotatable bonds is 14. The molecule has 0 aromatic heterocycles. The first-order chi connectivity index (χ1) is 15.0. The number of phenols is 1. The summed E-state index contributed by atoms with van der Waals surface area (Å²) in [5.41, 5.74) is 1.79. The zero-order valence-electron chi connectivity index (χ0n) is 18.0. The second kappa shape index (κ2) is 12.8. The molecule has 1 unspecified atom stereocenters. The molecule has 0 aliphatic heterocycles. The number of aromatic hydroxyl groups is 1. The van der Waals surface area contributed by atoms with E-state index in [1.807, 2.05) is 6.07 Å². The summed E-state index contributed by atoms with van der Waals surface area (Å²) in [4.78, 5) is 12.2. The summed E-state index contributed by atoms with van der Waals surface area (Å²) in [7, 11) is 3.23. The summed E-state index contributed by atoms with van der Waals surface area (Å²) < 4.78 is 15.8. The van der Waals surface area contributed by atoms with Crippen LogP contribution in [0.4, 0.5) is 0 Å². The molecule has 0 heterocycles. The predicted molar refractivity (Wildman–Crippen MR) is 116 cm³/mol. The van der Waals surface area contributed by atoms with Crippen LogP contribution in [0.5, 0.6) is 23.0 Å². The van der Waals surface area contributed by atoms with Crippen molar-refractivity contribution in [2.45, 2.75) is 38.2 Å². The number of aliphatic hydroxyl groups excluding tert-OH is 2. The van der Waals surface area contributed by atoms with E-state index in [2.05, 4.69) is 5.32 Å². The zero-order valence-corrected chi connectivity index (χ0v) is 18.0. The minimum atomic E-state index is -0.746. The summed E-state index contributed by atoms with van der Waals surface area (Å²) in [5.74, 6) is 1.33. The molecular weight excluding hydrogens is 402 g/mol. The molecule has 8 nitrogen and oxygen atoms in total. The van der Waals surface area contributed by atoms with Gasteiger partial charge in [0.25, 0.3) is 0 Å². The number of ether oxygens (including phenoxy) is 3. The highest BCUT2D eigenvalue weighted by Crippen LogP contribution is 2.29. The molecule has 31 heavy (non-hydrogen) atoms. The van der Waals surface area contributed by atoms with Gasteiger partial charge in [-0.05, 0) is 61.7 Å². The standard InChI is InChI=1S/C23H31NO7/c1-24-14-30-21-10-6-17(12-23(21)31-15-25)4-8-19(27)13-18(26)7-3-16-5-9-20(28)22(11-16)29-2/h5-6,9-12,19,24-25,27-28H,3-4,7-8,13-15H2,1-2H3. The van der Waals surface area contributed by atoms with Gasteiger partial charge in [0.2, 0.25) is 0 Å². The second-order valence-corrected chi connectivity index (χ2v) is 7.14. The van der Waals surface area contributed by atoms with Crippen molar-refractivity contribution >= 4 is 5.78 Å². The SMILES string of the molecule is CNCOc1ccc(CCC(O)CC(=O)CCc2ccc(O)c(OC)c2)cc1OCO. The maximum atomic E-state index is 12.2. The van der Waals surface area contributed by atoms with E-state index >= 15 is 0 Å². The number of ketones is 1. The summed E-state index contributed by atoms with van der Waals surface area (Å²) in [6.45, 7) is -0.164. The molecule has 0 radical (unpaired) electrons. The fourth-order valence-corrected chi connectivity index (χ4v) is 3.12. The van der Waals surface area contributed by atoms with Crippen LogP contribution in [0.1, 0.15) is 30.4 Å². The Morgan fingerprint density at radius 3 is 2.45 bits per heavy atom. The molecule has 0 bridgehead atoms. The molecule has 2 aromatic carbocycles. The summed E-state index contributed by atoms with van der Waals surface area (Å²) in [5, 5.41) is 31.8. The van der Waals surface area contributed by atoms with E-state index in [1.54, 1.807) is 31.3 Å². The van der Waals surface area contributed by atoms with Gasteiger partial charge in [-0.3, -0.25) is 10.1 Å². The van der Waals surface area contributed by atoms with Gasteiger partial charge in [0, 0.05) is 12.8 Å².